The van der Waals surface area contributed by atoms with Gasteiger partial charge < -0.3 is 14.8 Å². The highest BCUT2D eigenvalue weighted by Crippen LogP contribution is 2.53. The molecule has 7 heteroatoms. The molecule has 1 unspecified atom stereocenters. The van der Waals surface area contributed by atoms with E-state index in [1.54, 1.807) is 23.0 Å². The Bertz CT molecular complexity index is 700. The van der Waals surface area contributed by atoms with E-state index in [2.05, 4.69) is 4.98 Å². The van der Waals surface area contributed by atoms with Crippen molar-refractivity contribution in [3.8, 4) is 5.75 Å². The quantitative estimate of drug-likeness (QED) is 0.799. The minimum absolute atomic E-state index is 0.0450. The van der Waals surface area contributed by atoms with E-state index >= 15 is 0 Å². The van der Waals surface area contributed by atoms with Gasteiger partial charge in [-0.15, -0.1) is 11.6 Å². The number of aliphatic hydroxyl groups is 1. The van der Waals surface area contributed by atoms with Crippen LogP contribution in [0.2, 0.25) is 10.2 Å². The lowest BCUT2D eigenvalue weighted by atomic mass is 9.88. The molecular formula is C15H15Cl3N2O2. The minimum atomic E-state index is -1.25. The molecule has 0 radical (unpaired) electrons. The molecule has 1 atom stereocenters. The van der Waals surface area contributed by atoms with Crippen LogP contribution in [0, 0.1) is 0 Å². The Hall–Kier alpha value is -0.940. The van der Waals surface area contributed by atoms with Crippen LogP contribution in [0.4, 0.5) is 0 Å². The minimum Gasteiger partial charge on any atom is -0.508 e. The standard InChI is InChI=1S/C15H15Cl3N2O2/c16-11-2-1-10(12(21)5-11)6-15(22,14(18)3-4-14)8-20-9-19-7-13(20)17/h1-2,5,7,9,21-22H,3-4,6,8H2. The Kier molecular flexibility index (Phi) is 4.06. The third-order valence-corrected chi connectivity index (χ3v) is 5.43. The molecule has 2 N–H and O–H groups in total. The SMILES string of the molecule is Oc1cc(Cl)ccc1CC(O)(Cn1cncc1Cl)C1(Cl)CC1. The van der Waals surface area contributed by atoms with E-state index in [0.29, 0.717) is 28.6 Å². The van der Waals surface area contributed by atoms with Crippen molar-refractivity contribution in [2.45, 2.75) is 36.3 Å². The van der Waals surface area contributed by atoms with Gasteiger partial charge in [-0.2, -0.15) is 0 Å². The van der Waals surface area contributed by atoms with Gasteiger partial charge in [0.05, 0.1) is 23.9 Å². The largest absolute Gasteiger partial charge is 0.508 e. The van der Waals surface area contributed by atoms with E-state index in [-0.39, 0.29) is 18.7 Å². The molecule has 0 bridgehead atoms. The number of hydrogen-bond acceptors (Lipinski definition) is 3. The van der Waals surface area contributed by atoms with Crippen LogP contribution in [0.1, 0.15) is 18.4 Å². The Morgan fingerprint density at radius 1 is 1.32 bits per heavy atom. The molecule has 3 rings (SSSR count). The van der Waals surface area contributed by atoms with Crippen molar-refractivity contribution in [1.82, 2.24) is 9.55 Å². The molecule has 0 amide bonds. The summed E-state index contributed by atoms with van der Waals surface area (Å²) in [7, 11) is 0. The van der Waals surface area contributed by atoms with E-state index in [9.17, 15) is 10.2 Å². The van der Waals surface area contributed by atoms with Gasteiger partial charge in [-0.05, 0) is 30.5 Å². The molecule has 1 fully saturated rings. The lowest BCUT2D eigenvalue weighted by Gasteiger charge is -2.34. The van der Waals surface area contributed by atoms with Crippen molar-refractivity contribution in [2.24, 2.45) is 0 Å². The molecule has 4 nitrogen and oxygen atoms in total. The van der Waals surface area contributed by atoms with E-state index < -0.39 is 10.5 Å². The zero-order valence-electron chi connectivity index (χ0n) is 11.6. The van der Waals surface area contributed by atoms with E-state index in [4.69, 9.17) is 34.8 Å². The third kappa shape index (κ3) is 2.93. The molecule has 0 aliphatic heterocycles. The van der Waals surface area contributed by atoms with Gasteiger partial charge >= 0.3 is 0 Å². The van der Waals surface area contributed by atoms with Gasteiger partial charge in [0.25, 0.3) is 0 Å². The number of phenolic OH excluding ortho intramolecular Hbond substituents is 1. The maximum Gasteiger partial charge on any atom is 0.128 e. The summed E-state index contributed by atoms with van der Waals surface area (Å²) in [6.07, 6.45) is 4.69. The lowest BCUT2D eigenvalue weighted by molar-refractivity contribution is 0.0105. The first-order valence-corrected chi connectivity index (χ1v) is 8.01. The van der Waals surface area contributed by atoms with Crippen LogP contribution in [0.5, 0.6) is 5.75 Å². The summed E-state index contributed by atoms with van der Waals surface area (Å²) >= 11 is 18.4. The van der Waals surface area contributed by atoms with Gasteiger partial charge in [-0.3, -0.25) is 0 Å². The molecule has 0 spiro atoms. The highest BCUT2D eigenvalue weighted by atomic mass is 35.5. The summed E-state index contributed by atoms with van der Waals surface area (Å²) in [6, 6.07) is 4.82. The Labute approximate surface area is 143 Å². The predicted octanol–water partition coefficient (Wildman–Crippen LogP) is 3.64. The number of rotatable bonds is 5. The van der Waals surface area contributed by atoms with Crippen LogP contribution in [0.3, 0.4) is 0 Å². The molecule has 118 valence electrons. The summed E-state index contributed by atoms with van der Waals surface area (Å²) in [5.74, 6) is 0.0450. The van der Waals surface area contributed by atoms with Crippen LogP contribution in [0.25, 0.3) is 0 Å². The molecule has 22 heavy (non-hydrogen) atoms. The van der Waals surface area contributed by atoms with Crippen molar-refractivity contribution in [3.63, 3.8) is 0 Å². The first-order valence-electron chi connectivity index (χ1n) is 6.87. The molecule has 1 aliphatic rings. The van der Waals surface area contributed by atoms with Crippen LogP contribution < -0.4 is 0 Å². The van der Waals surface area contributed by atoms with Gasteiger partial charge in [0.2, 0.25) is 0 Å². The number of alkyl halides is 1. The number of nitrogens with zero attached hydrogens (tertiary/aromatic N) is 2. The zero-order chi connectivity index (χ0) is 16.0. The second kappa shape index (κ2) is 5.60. The van der Waals surface area contributed by atoms with Crippen LogP contribution >= 0.6 is 34.8 Å². The molecule has 2 aromatic rings. The fraction of sp³-hybridized carbons (Fsp3) is 0.400. The number of halogens is 3. The Morgan fingerprint density at radius 3 is 2.59 bits per heavy atom. The first kappa shape index (κ1) is 15.9. The summed E-state index contributed by atoms with van der Waals surface area (Å²) in [4.78, 5) is 3.24. The van der Waals surface area contributed by atoms with Crippen molar-refractivity contribution in [1.29, 1.82) is 0 Å². The summed E-state index contributed by atoms with van der Waals surface area (Å²) in [6.45, 7) is 0.206. The molecule has 1 aromatic heterocycles. The third-order valence-electron chi connectivity index (χ3n) is 4.15. The number of benzene rings is 1. The highest BCUT2D eigenvalue weighted by molar-refractivity contribution is 6.30. The van der Waals surface area contributed by atoms with Gasteiger partial charge in [0, 0.05) is 11.4 Å². The van der Waals surface area contributed by atoms with Crippen LogP contribution in [0.15, 0.2) is 30.7 Å². The average molecular weight is 362 g/mol. The Morgan fingerprint density at radius 2 is 2.05 bits per heavy atom. The van der Waals surface area contributed by atoms with Gasteiger partial charge in [-0.25, -0.2) is 4.98 Å². The van der Waals surface area contributed by atoms with Gasteiger partial charge in [0.15, 0.2) is 0 Å². The lowest BCUT2D eigenvalue weighted by Crippen LogP contribution is -2.47. The number of phenols is 1. The Balaban J connectivity index is 1.91. The maximum atomic E-state index is 11.2. The van der Waals surface area contributed by atoms with Crippen LogP contribution in [-0.4, -0.2) is 30.2 Å². The first-order chi connectivity index (χ1) is 10.3. The normalized spacial score (nSPS) is 18.9. The number of aromatic hydroxyl groups is 1. The summed E-state index contributed by atoms with van der Waals surface area (Å²) in [5, 5.41) is 22.1. The second-order valence-corrected chi connectivity index (χ2v) is 7.34. The van der Waals surface area contributed by atoms with Crippen molar-refractivity contribution in [2.75, 3.05) is 0 Å². The molecule has 1 saturated carbocycles. The monoisotopic (exact) mass is 360 g/mol. The van der Waals surface area contributed by atoms with Crippen molar-refractivity contribution < 1.29 is 10.2 Å². The van der Waals surface area contributed by atoms with E-state index in [0.717, 1.165) is 0 Å². The number of imidazole rings is 1. The second-order valence-electron chi connectivity index (χ2n) is 5.79. The number of aromatic nitrogens is 2. The average Bonchev–Trinajstić information content (AvgIpc) is 3.09. The number of hydrogen-bond donors (Lipinski definition) is 2. The topological polar surface area (TPSA) is 58.3 Å². The van der Waals surface area contributed by atoms with Crippen molar-refractivity contribution >= 4 is 34.8 Å². The van der Waals surface area contributed by atoms with E-state index in [1.807, 2.05) is 0 Å². The zero-order valence-corrected chi connectivity index (χ0v) is 13.9. The van der Waals surface area contributed by atoms with Crippen LogP contribution in [-0.2, 0) is 13.0 Å². The van der Waals surface area contributed by atoms with Crippen molar-refractivity contribution in [3.05, 3.63) is 46.5 Å². The molecular weight excluding hydrogens is 347 g/mol. The van der Waals surface area contributed by atoms with Gasteiger partial charge in [0.1, 0.15) is 16.5 Å². The summed E-state index contributed by atoms with van der Waals surface area (Å²) < 4.78 is 1.65. The predicted molar refractivity (Wildman–Crippen MR) is 86.8 cm³/mol. The molecule has 1 aliphatic carbocycles. The molecule has 1 heterocycles. The highest BCUT2D eigenvalue weighted by Gasteiger charge is 2.58. The summed E-state index contributed by atoms with van der Waals surface area (Å²) in [5.41, 5.74) is -0.653. The molecule has 1 aromatic carbocycles. The smallest absolute Gasteiger partial charge is 0.128 e. The van der Waals surface area contributed by atoms with E-state index in [1.165, 1.54) is 12.3 Å². The fourth-order valence-electron chi connectivity index (χ4n) is 2.64. The molecule has 0 saturated heterocycles. The van der Waals surface area contributed by atoms with Gasteiger partial charge in [-0.1, -0.05) is 29.3 Å². The fourth-order valence-corrected chi connectivity index (χ4v) is 3.18. The maximum absolute atomic E-state index is 11.2.